The molecule has 0 saturated heterocycles. The summed E-state index contributed by atoms with van der Waals surface area (Å²) in [6.45, 7) is 0.0749. The van der Waals surface area contributed by atoms with Gasteiger partial charge in [-0.15, -0.1) is 0 Å². The SMILES string of the molecule is COC(=O)[C@H](COC[C@H](OCc1ccccc1)[C@H](CO)OCc1ccccc1)NC(=O)OCc1ccccc1. The van der Waals surface area contributed by atoms with Crippen LogP contribution in [-0.2, 0) is 48.3 Å². The lowest BCUT2D eigenvalue weighted by molar-refractivity contribution is -0.148. The molecule has 0 bridgehead atoms. The Morgan fingerprint density at radius 2 is 1.21 bits per heavy atom. The van der Waals surface area contributed by atoms with Crippen molar-refractivity contribution >= 4 is 12.1 Å². The summed E-state index contributed by atoms with van der Waals surface area (Å²) in [7, 11) is 1.22. The van der Waals surface area contributed by atoms with Crippen molar-refractivity contribution in [3.8, 4) is 0 Å². The number of hydrogen-bond acceptors (Lipinski definition) is 8. The van der Waals surface area contributed by atoms with Gasteiger partial charge in [0.1, 0.15) is 18.8 Å². The third kappa shape index (κ3) is 10.9. The van der Waals surface area contributed by atoms with Gasteiger partial charge in [0.2, 0.25) is 0 Å². The second-order valence-electron chi connectivity index (χ2n) is 8.67. The van der Waals surface area contributed by atoms with Crippen LogP contribution in [0, 0.1) is 0 Å². The number of esters is 1. The first-order valence-corrected chi connectivity index (χ1v) is 12.6. The molecule has 1 amide bonds. The van der Waals surface area contributed by atoms with Crippen molar-refractivity contribution in [2.45, 2.75) is 38.1 Å². The number of alkyl carbamates (subject to hydrolysis) is 1. The Labute approximate surface area is 228 Å². The number of benzene rings is 3. The molecule has 3 aromatic rings. The monoisotopic (exact) mass is 537 g/mol. The van der Waals surface area contributed by atoms with Gasteiger partial charge in [-0.1, -0.05) is 91.0 Å². The van der Waals surface area contributed by atoms with Gasteiger partial charge in [0.05, 0.1) is 40.1 Å². The maximum absolute atomic E-state index is 12.3. The third-order valence-corrected chi connectivity index (χ3v) is 5.77. The van der Waals surface area contributed by atoms with Gasteiger partial charge in [-0.25, -0.2) is 9.59 Å². The molecule has 0 unspecified atom stereocenters. The Hall–Kier alpha value is -3.76. The van der Waals surface area contributed by atoms with Crippen LogP contribution in [0.4, 0.5) is 4.79 Å². The molecule has 9 nitrogen and oxygen atoms in total. The van der Waals surface area contributed by atoms with E-state index in [1.54, 1.807) is 0 Å². The summed E-state index contributed by atoms with van der Waals surface area (Å²) < 4.78 is 27.8. The van der Waals surface area contributed by atoms with Gasteiger partial charge in [-0.3, -0.25) is 0 Å². The minimum absolute atomic E-state index is 0.0128. The number of carbonyl (C=O) groups excluding carboxylic acids is 2. The van der Waals surface area contributed by atoms with E-state index in [4.69, 9.17) is 23.7 Å². The standard InChI is InChI=1S/C30H35NO8/c1-35-29(33)26(31-30(34)39-20-25-15-9-4-10-16-25)21-36-22-28(38-19-24-13-7-3-8-14-24)27(17-32)37-18-23-11-5-2-6-12-23/h2-16,26-28,32H,17-22H2,1H3,(H,31,34)/t26-,27-,28-/m0/s1. The molecule has 0 saturated carbocycles. The molecule has 0 aliphatic carbocycles. The van der Waals surface area contributed by atoms with Crippen LogP contribution >= 0.6 is 0 Å². The van der Waals surface area contributed by atoms with E-state index in [1.165, 1.54) is 7.11 Å². The maximum atomic E-state index is 12.3. The lowest BCUT2D eigenvalue weighted by Crippen LogP contribution is -2.46. The first-order valence-electron chi connectivity index (χ1n) is 12.6. The number of nitrogens with one attached hydrogen (secondary N) is 1. The summed E-state index contributed by atoms with van der Waals surface area (Å²) in [6.07, 6.45) is -2.15. The molecule has 3 aromatic carbocycles. The van der Waals surface area contributed by atoms with Crippen molar-refractivity contribution in [1.29, 1.82) is 0 Å². The molecule has 0 aromatic heterocycles. The van der Waals surface area contributed by atoms with Gasteiger partial charge in [-0.05, 0) is 16.7 Å². The molecule has 3 rings (SSSR count). The Morgan fingerprint density at radius 1 is 0.718 bits per heavy atom. The highest BCUT2D eigenvalue weighted by molar-refractivity contribution is 5.81. The topological polar surface area (TPSA) is 113 Å². The lowest BCUT2D eigenvalue weighted by Gasteiger charge is -2.27. The van der Waals surface area contributed by atoms with Crippen LogP contribution in [0.1, 0.15) is 16.7 Å². The summed E-state index contributed by atoms with van der Waals surface area (Å²) in [5.74, 6) is -0.688. The quantitative estimate of drug-likeness (QED) is 0.267. The summed E-state index contributed by atoms with van der Waals surface area (Å²) in [4.78, 5) is 24.6. The minimum atomic E-state index is -1.11. The average Bonchev–Trinajstić information content (AvgIpc) is 2.99. The highest BCUT2D eigenvalue weighted by Gasteiger charge is 2.27. The zero-order valence-electron chi connectivity index (χ0n) is 21.9. The smallest absolute Gasteiger partial charge is 0.408 e. The number of rotatable bonds is 16. The largest absolute Gasteiger partial charge is 0.467 e. The van der Waals surface area contributed by atoms with Crippen molar-refractivity contribution in [3.63, 3.8) is 0 Å². The van der Waals surface area contributed by atoms with E-state index in [0.29, 0.717) is 0 Å². The van der Waals surface area contributed by atoms with Crippen molar-refractivity contribution in [2.75, 3.05) is 26.9 Å². The Bertz CT molecular complexity index is 1100. The van der Waals surface area contributed by atoms with E-state index >= 15 is 0 Å². The van der Waals surface area contributed by atoms with Crippen molar-refractivity contribution < 1.29 is 38.4 Å². The maximum Gasteiger partial charge on any atom is 0.408 e. The van der Waals surface area contributed by atoms with Crippen LogP contribution < -0.4 is 5.32 Å². The summed E-state index contributed by atoms with van der Waals surface area (Å²) in [5.41, 5.74) is 2.70. The van der Waals surface area contributed by atoms with Gasteiger partial charge in [0.25, 0.3) is 0 Å². The number of aliphatic hydroxyl groups excluding tert-OH is 1. The van der Waals surface area contributed by atoms with Crippen molar-refractivity contribution in [3.05, 3.63) is 108 Å². The Balaban J connectivity index is 1.57. The molecule has 0 fully saturated rings. The fraction of sp³-hybridized carbons (Fsp3) is 0.333. The first-order chi connectivity index (χ1) is 19.1. The van der Waals surface area contributed by atoms with Gasteiger partial charge in [-0.2, -0.15) is 0 Å². The molecular weight excluding hydrogens is 502 g/mol. The predicted molar refractivity (Wildman–Crippen MR) is 144 cm³/mol. The fourth-order valence-corrected chi connectivity index (χ4v) is 3.62. The minimum Gasteiger partial charge on any atom is -0.467 e. The number of hydrogen-bond donors (Lipinski definition) is 2. The molecule has 0 aliphatic rings. The number of amides is 1. The highest BCUT2D eigenvalue weighted by Crippen LogP contribution is 2.13. The highest BCUT2D eigenvalue weighted by atomic mass is 16.6. The summed E-state index contributed by atoms with van der Waals surface area (Å²) in [6, 6.07) is 27.2. The van der Waals surface area contributed by atoms with E-state index in [2.05, 4.69) is 5.32 Å². The van der Waals surface area contributed by atoms with Crippen LogP contribution in [0.5, 0.6) is 0 Å². The van der Waals surface area contributed by atoms with E-state index in [1.807, 2.05) is 91.0 Å². The first kappa shape index (κ1) is 29.8. The molecule has 0 aliphatic heterocycles. The second kappa shape index (κ2) is 17.0. The molecule has 39 heavy (non-hydrogen) atoms. The van der Waals surface area contributed by atoms with E-state index < -0.39 is 30.3 Å². The average molecular weight is 538 g/mol. The number of aliphatic hydroxyl groups is 1. The number of methoxy groups -OCH3 is 1. The zero-order valence-corrected chi connectivity index (χ0v) is 21.9. The van der Waals surface area contributed by atoms with E-state index in [9.17, 15) is 14.7 Å². The van der Waals surface area contributed by atoms with Crippen LogP contribution in [0.3, 0.4) is 0 Å². The normalized spacial score (nSPS) is 13.2. The third-order valence-electron chi connectivity index (χ3n) is 5.77. The lowest BCUT2D eigenvalue weighted by atomic mass is 10.2. The molecule has 0 spiro atoms. The van der Waals surface area contributed by atoms with Gasteiger partial charge in [0, 0.05) is 0 Å². The van der Waals surface area contributed by atoms with Crippen molar-refractivity contribution in [1.82, 2.24) is 5.32 Å². The fourth-order valence-electron chi connectivity index (χ4n) is 3.62. The molecular formula is C30H35NO8. The van der Waals surface area contributed by atoms with E-state index in [-0.39, 0.29) is 39.6 Å². The predicted octanol–water partition coefficient (Wildman–Crippen LogP) is 3.63. The Kier molecular flexibility index (Phi) is 12.9. The molecule has 208 valence electrons. The van der Waals surface area contributed by atoms with Crippen LogP contribution in [0.25, 0.3) is 0 Å². The van der Waals surface area contributed by atoms with Gasteiger partial charge >= 0.3 is 12.1 Å². The molecule has 0 heterocycles. The number of carbonyl (C=O) groups is 2. The molecule has 9 heteroatoms. The molecule has 3 atom stereocenters. The Morgan fingerprint density at radius 3 is 1.69 bits per heavy atom. The molecule has 2 N–H and O–H groups in total. The molecule has 0 radical (unpaired) electrons. The van der Waals surface area contributed by atoms with E-state index in [0.717, 1.165) is 16.7 Å². The van der Waals surface area contributed by atoms with Gasteiger partial charge in [0.15, 0.2) is 6.04 Å². The zero-order chi connectivity index (χ0) is 27.7. The number of ether oxygens (including phenoxy) is 5. The second-order valence-corrected chi connectivity index (χ2v) is 8.67. The van der Waals surface area contributed by atoms with Gasteiger partial charge < -0.3 is 34.1 Å². The van der Waals surface area contributed by atoms with Crippen LogP contribution in [0.15, 0.2) is 91.0 Å². The van der Waals surface area contributed by atoms with Crippen LogP contribution in [0.2, 0.25) is 0 Å². The van der Waals surface area contributed by atoms with Crippen LogP contribution in [-0.4, -0.2) is 62.3 Å². The van der Waals surface area contributed by atoms with Crippen molar-refractivity contribution in [2.24, 2.45) is 0 Å². The summed E-state index contributed by atoms with van der Waals surface area (Å²) in [5, 5.41) is 12.5. The summed E-state index contributed by atoms with van der Waals surface area (Å²) >= 11 is 0.